The van der Waals surface area contributed by atoms with Gasteiger partial charge in [-0.05, 0) is 83.1 Å². The molecule has 8 nitrogen and oxygen atoms in total. The Morgan fingerprint density at radius 3 is 0.450 bits per heavy atom. The lowest BCUT2D eigenvalue weighted by atomic mass is 10.7. The van der Waals surface area contributed by atoms with Crippen LogP contribution in [0.4, 0.5) is 0 Å². The van der Waals surface area contributed by atoms with Crippen LogP contribution < -0.4 is 29.4 Å². The Morgan fingerprint density at radius 2 is 0.400 bits per heavy atom. The summed E-state index contributed by atoms with van der Waals surface area (Å²) >= 11 is 0. The topological polar surface area (TPSA) is 25.9 Å². The van der Waals surface area contributed by atoms with E-state index in [-0.39, 0.29) is 29.4 Å². The number of hydrogen-bond donors (Lipinski definition) is 0. The van der Waals surface area contributed by atoms with E-state index in [1.165, 1.54) is 0 Å². The van der Waals surface area contributed by atoms with Crippen molar-refractivity contribution in [3.05, 3.63) is 0 Å². The first kappa shape index (κ1) is 48.2. The average Bonchev–Trinajstić information content (AvgIpc) is 2.91. The standard InChI is InChI=1S/2C14H36N4P.BrH.ClH/c2*1-9-16(10-2)19(15(7)8,17(11-3)12-4)18(13-5)14-6;;/h2*9-14H2,1-8H3;2*1H/q2*+1;;/p-2. The zero-order valence-corrected chi connectivity index (χ0v) is 33.8. The first-order valence-corrected chi connectivity index (χ1v) is 18.9. The molecule has 0 aliphatic heterocycles. The fourth-order valence-electron chi connectivity index (χ4n) is 6.21. The van der Waals surface area contributed by atoms with Gasteiger partial charge >= 0.3 is 15.7 Å². The van der Waals surface area contributed by atoms with Crippen molar-refractivity contribution in [1.29, 1.82) is 0 Å². The Hall–Kier alpha value is 1.31. The lowest BCUT2D eigenvalue weighted by Crippen LogP contribution is -3.00. The quantitative estimate of drug-likeness (QED) is 0.170. The van der Waals surface area contributed by atoms with Gasteiger partial charge in [0, 0.05) is 107 Å². The summed E-state index contributed by atoms with van der Waals surface area (Å²) < 4.78 is 21.0. The molecular formula is C28H72BrClN8P2. The molecule has 0 saturated carbocycles. The van der Waals surface area contributed by atoms with E-state index >= 15 is 0 Å². The van der Waals surface area contributed by atoms with Gasteiger partial charge in [0.25, 0.3) is 0 Å². The van der Waals surface area contributed by atoms with Crippen LogP contribution in [0.25, 0.3) is 0 Å². The minimum Gasteiger partial charge on any atom is -1.00 e. The van der Waals surface area contributed by atoms with Crippen molar-refractivity contribution in [1.82, 2.24) is 37.4 Å². The minimum atomic E-state index is -1.57. The predicted octanol–water partition coefficient (Wildman–Crippen LogP) is 0.510. The van der Waals surface area contributed by atoms with E-state index in [4.69, 9.17) is 0 Å². The van der Waals surface area contributed by atoms with Gasteiger partial charge in [-0.15, -0.1) is 37.4 Å². The van der Waals surface area contributed by atoms with Crippen LogP contribution in [0.3, 0.4) is 0 Å². The highest BCUT2D eigenvalue weighted by molar-refractivity contribution is 7.67. The average molecular weight is 698 g/mol. The summed E-state index contributed by atoms with van der Waals surface area (Å²) in [7, 11) is 5.88. The molecule has 248 valence electrons. The van der Waals surface area contributed by atoms with Crippen molar-refractivity contribution in [2.24, 2.45) is 0 Å². The molecule has 12 heteroatoms. The molecule has 0 atom stereocenters. The second-order valence-corrected chi connectivity index (χ2v) is 16.7. The highest BCUT2D eigenvalue weighted by Crippen LogP contribution is 2.69. The fraction of sp³-hybridized carbons (Fsp3) is 1.00. The Labute approximate surface area is 271 Å². The molecule has 0 N–H and O–H groups in total. The van der Waals surface area contributed by atoms with Crippen molar-refractivity contribution < 1.29 is 29.4 Å². The molecule has 0 heterocycles. The minimum absolute atomic E-state index is 0. The van der Waals surface area contributed by atoms with Crippen LogP contribution >= 0.6 is 15.7 Å². The highest BCUT2D eigenvalue weighted by atomic mass is 79.9. The van der Waals surface area contributed by atoms with E-state index in [0.717, 1.165) is 78.5 Å². The Morgan fingerprint density at radius 1 is 0.300 bits per heavy atom. The van der Waals surface area contributed by atoms with Crippen molar-refractivity contribution in [2.75, 3.05) is 107 Å². The van der Waals surface area contributed by atoms with Crippen molar-refractivity contribution in [3.63, 3.8) is 0 Å². The van der Waals surface area contributed by atoms with Gasteiger partial charge in [0.05, 0.1) is 0 Å². The number of rotatable bonds is 20. The van der Waals surface area contributed by atoms with Gasteiger partial charge in [0.1, 0.15) is 0 Å². The van der Waals surface area contributed by atoms with Gasteiger partial charge in [-0.2, -0.15) is 0 Å². The fourth-order valence-corrected chi connectivity index (χ4v) is 15.9. The van der Waals surface area contributed by atoms with E-state index in [0.29, 0.717) is 0 Å². The third kappa shape index (κ3) is 10.7. The molecule has 0 aliphatic carbocycles. The highest BCUT2D eigenvalue weighted by Gasteiger charge is 2.57. The molecule has 0 bridgehead atoms. The van der Waals surface area contributed by atoms with Crippen LogP contribution in [0, 0.1) is 0 Å². The number of halogens is 2. The molecular weight excluding hydrogens is 626 g/mol. The normalized spacial score (nSPS) is 12.6. The number of hydrogen-bond acceptors (Lipinski definition) is 8. The maximum Gasteiger partial charge on any atom is 0.308 e. The Bertz CT molecular complexity index is 446. The van der Waals surface area contributed by atoms with Crippen molar-refractivity contribution in [3.8, 4) is 0 Å². The zero-order valence-electron chi connectivity index (χ0n) is 29.7. The summed E-state index contributed by atoms with van der Waals surface area (Å²) in [4.78, 5) is 0. The van der Waals surface area contributed by atoms with Crippen LogP contribution in [0.15, 0.2) is 0 Å². The molecule has 0 aliphatic rings. The summed E-state index contributed by atoms with van der Waals surface area (Å²) in [6.45, 7) is 40.7. The molecule has 40 heavy (non-hydrogen) atoms. The van der Waals surface area contributed by atoms with Crippen LogP contribution in [0.2, 0.25) is 0 Å². The molecule has 0 rings (SSSR count). The Balaban J connectivity index is -0.000000309. The predicted molar refractivity (Wildman–Crippen MR) is 179 cm³/mol. The van der Waals surface area contributed by atoms with E-state index < -0.39 is 15.7 Å². The summed E-state index contributed by atoms with van der Waals surface area (Å²) in [5, 5.41) is 0. The molecule has 0 aromatic carbocycles. The van der Waals surface area contributed by atoms with Crippen LogP contribution in [-0.4, -0.2) is 144 Å². The molecule has 0 spiro atoms. The monoisotopic (exact) mass is 696 g/mol. The molecule has 0 radical (unpaired) electrons. The third-order valence-electron chi connectivity index (χ3n) is 7.73. The largest absolute Gasteiger partial charge is 1.00 e. The summed E-state index contributed by atoms with van der Waals surface area (Å²) in [5.74, 6) is 0. The van der Waals surface area contributed by atoms with E-state index in [1.807, 2.05) is 0 Å². The summed E-state index contributed by atoms with van der Waals surface area (Å²) in [5.41, 5.74) is 0. The lowest BCUT2D eigenvalue weighted by Gasteiger charge is -2.48. The van der Waals surface area contributed by atoms with E-state index in [1.54, 1.807) is 0 Å². The van der Waals surface area contributed by atoms with Crippen molar-refractivity contribution >= 4 is 15.7 Å². The van der Waals surface area contributed by atoms with Crippen LogP contribution in [0.5, 0.6) is 0 Å². The van der Waals surface area contributed by atoms with E-state index in [9.17, 15) is 0 Å². The molecule has 0 amide bonds. The maximum atomic E-state index is 2.67. The number of nitrogens with zero attached hydrogens (tertiary/aromatic N) is 8. The van der Waals surface area contributed by atoms with Gasteiger partial charge in [-0.3, -0.25) is 0 Å². The van der Waals surface area contributed by atoms with Gasteiger partial charge < -0.3 is 29.4 Å². The van der Waals surface area contributed by atoms with Gasteiger partial charge in [-0.25, -0.2) is 0 Å². The van der Waals surface area contributed by atoms with Crippen LogP contribution in [-0.2, 0) is 0 Å². The zero-order chi connectivity index (χ0) is 30.1. The molecule has 0 fully saturated rings. The van der Waals surface area contributed by atoms with Crippen molar-refractivity contribution in [2.45, 2.75) is 83.1 Å². The SMILES string of the molecule is CCN(CC)[P+](N(C)C)(N(CC)CC)N(CC)CC.CCN(CC)[P+](N(C)C)(N(CC)CC)N(CC)CC.[Br-].[Cl-]. The second kappa shape index (κ2) is 25.6. The summed E-state index contributed by atoms with van der Waals surface area (Å²) in [6, 6.07) is 0. The van der Waals surface area contributed by atoms with E-state index in [2.05, 4.69) is 149 Å². The first-order valence-electron chi connectivity index (χ1n) is 15.7. The molecule has 0 aromatic heterocycles. The molecule has 0 saturated heterocycles. The first-order chi connectivity index (χ1) is 18.0. The third-order valence-corrected chi connectivity index (χ3v) is 17.8. The summed E-state index contributed by atoms with van der Waals surface area (Å²) in [6.07, 6.45) is 0. The maximum absolute atomic E-state index is 2.67. The van der Waals surface area contributed by atoms with Gasteiger partial charge in [0.15, 0.2) is 0 Å². The van der Waals surface area contributed by atoms with Gasteiger partial charge in [0.2, 0.25) is 0 Å². The molecule has 0 unspecified atom stereocenters. The Kier molecular flexibility index (Phi) is 30.9. The lowest BCUT2D eigenvalue weighted by molar-refractivity contribution is -0.00100. The molecule has 0 aromatic rings. The smallest absolute Gasteiger partial charge is 0.308 e. The second-order valence-electron chi connectivity index (χ2n) is 9.60. The van der Waals surface area contributed by atoms with Crippen LogP contribution in [0.1, 0.15) is 83.1 Å². The van der Waals surface area contributed by atoms with Gasteiger partial charge in [-0.1, -0.05) is 0 Å².